The SMILES string of the molecule is C=C/C=C\C1=C(C=C)C(C)C(C)n2nc(-c3bbc(BO)cc3)c(C(N)=O)c2N1. The second-order valence-electron chi connectivity index (χ2n) is 7.06. The van der Waals surface area contributed by atoms with E-state index in [0.29, 0.717) is 17.1 Å². The second-order valence-corrected chi connectivity index (χ2v) is 7.06. The molecule has 144 valence electrons. The van der Waals surface area contributed by atoms with Crippen molar-refractivity contribution in [3.05, 3.63) is 66.4 Å². The van der Waals surface area contributed by atoms with Gasteiger partial charge < -0.3 is 0 Å². The summed E-state index contributed by atoms with van der Waals surface area (Å²) in [6.45, 7) is 15.5. The van der Waals surface area contributed by atoms with Crippen molar-refractivity contribution in [2.45, 2.75) is 19.9 Å². The van der Waals surface area contributed by atoms with E-state index in [4.69, 9.17) is 10.8 Å². The van der Waals surface area contributed by atoms with Gasteiger partial charge in [0.2, 0.25) is 0 Å². The average Bonchev–Trinajstić information content (AvgIpc) is 3.06. The molecule has 29 heavy (non-hydrogen) atoms. The molecule has 6 nitrogen and oxygen atoms in total. The van der Waals surface area contributed by atoms with Gasteiger partial charge in [0.1, 0.15) is 0 Å². The first kappa shape index (κ1) is 20.8. The molecule has 1 amide bonds. The summed E-state index contributed by atoms with van der Waals surface area (Å²) in [5.74, 6) is 0.0866. The monoisotopic (exact) mass is 384 g/mol. The number of amides is 1. The number of aromatic nitrogens is 2. The average molecular weight is 384 g/mol. The molecule has 0 bridgehead atoms. The number of nitrogens with two attached hydrogens (primary N) is 1. The normalized spacial score (nSPS) is 18.4. The van der Waals surface area contributed by atoms with Gasteiger partial charge in [-0.3, -0.25) is 0 Å². The number of allylic oxidation sites excluding steroid dienone is 5. The quantitative estimate of drug-likeness (QED) is 0.514. The van der Waals surface area contributed by atoms with E-state index in [0.717, 1.165) is 22.1 Å². The van der Waals surface area contributed by atoms with Crippen LogP contribution < -0.4 is 16.4 Å². The summed E-state index contributed by atoms with van der Waals surface area (Å²) in [5.41, 5.74) is 9.22. The molecule has 2 atom stereocenters. The van der Waals surface area contributed by atoms with Crippen LogP contribution in [-0.2, 0) is 0 Å². The van der Waals surface area contributed by atoms with Crippen molar-refractivity contribution in [1.29, 1.82) is 0 Å². The number of carbonyl (C=O) groups is 1. The van der Waals surface area contributed by atoms with E-state index >= 15 is 0 Å². The van der Waals surface area contributed by atoms with Gasteiger partial charge in [-0.15, -0.1) is 0 Å². The summed E-state index contributed by atoms with van der Waals surface area (Å²) in [5, 5.41) is 18.2. The second kappa shape index (κ2) is 8.61. The van der Waals surface area contributed by atoms with Gasteiger partial charge in [0, 0.05) is 0 Å². The minimum atomic E-state index is -0.561. The van der Waals surface area contributed by atoms with Gasteiger partial charge in [0.25, 0.3) is 0 Å². The summed E-state index contributed by atoms with van der Waals surface area (Å²) < 4.78 is 1.82. The molecule has 0 saturated heterocycles. The third-order valence-electron chi connectivity index (χ3n) is 5.35. The molecule has 0 aromatic carbocycles. The van der Waals surface area contributed by atoms with Gasteiger partial charge in [-0.2, -0.15) is 0 Å². The molecule has 4 N–H and O–H groups in total. The molecule has 0 saturated carbocycles. The van der Waals surface area contributed by atoms with Crippen LogP contribution in [0, 0.1) is 5.92 Å². The third kappa shape index (κ3) is 3.83. The Morgan fingerprint density at radius 3 is 2.69 bits per heavy atom. The van der Waals surface area contributed by atoms with Gasteiger partial charge in [-0.25, -0.2) is 0 Å². The van der Waals surface area contributed by atoms with Crippen LogP contribution in [-0.4, -0.2) is 41.8 Å². The van der Waals surface area contributed by atoms with Crippen LogP contribution in [0.5, 0.6) is 0 Å². The number of hydrogen-bond acceptors (Lipinski definition) is 4. The molecule has 2 aromatic rings. The van der Waals surface area contributed by atoms with E-state index in [1.807, 2.05) is 35.8 Å². The molecule has 2 aromatic heterocycles. The van der Waals surface area contributed by atoms with E-state index in [1.54, 1.807) is 18.9 Å². The molecule has 1 aliphatic heterocycles. The maximum atomic E-state index is 12.4. The third-order valence-corrected chi connectivity index (χ3v) is 5.35. The Labute approximate surface area is 172 Å². The molecule has 0 spiro atoms. The Morgan fingerprint density at radius 2 is 2.14 bits per heavy atom. The van der Waals surface area contributed by atoms with E-state index in [9.17, 15) is 9.82 Å². The Morgan fingerprint density at radius 1 is 1.38 bits per heavy atom. The molecule has 1 aliphatic rings. The zero-order valence-corrected chi connectivity index (χ0v) is 16.7. The fraction of sp³-hybridized carbons (Fsp3) is 0.200. The van der Waals surface area contributed by atoms with Crippen LogP contribution >= 0.6 is 0 Å². The van der Waals surface area contributed by atoms with Crippen LogP contribution in [0.2, 0.25) is 0 Å². The number of carbonyl (C=O) groups excluding carboxylic acids is 1. The summed E-state index contributed by atoms with van der Waals surface area (Å²) in [4.78, 5) is 12.4. The molecule has 3 rings (SSSR count). The minimum absolute atomic E-state index is 0.0382. The number of anilines is 1. The molecule has 2 unspecified atom stereocenters. The van der Waals surface area contributed by atoms with Gasteiger partial charge in [0.15, 0.2) is 0 Å². The predicted molar refractivity (Wildman–Crippen MR) is 122 cm³/mol. The van der Waals surface area contributed by atoms with Gasteiger partial charge in [-0.1, -0.05) is 0 Å². The first-order valence-corrected chi connectivity index (χ1v) is 9.48. The molecule has 9 heteroatoms. The van der Waals surface area contributed by atoms with Crippen molar-refractivity contribution in [2.75, 3.05) is 5.32 Å². The zero-order valence-electron chi connectivity index (χ0n) is 16.7. The number of nitrogens with zero attached hydrogens (tertiary/aromatic N) is 2. The van der Waals surface area contributed by atoms with Crippen molar-refractivity contribution in [2.24, 2.45) is 11.7 Å². The van der Waals surface area contributed by atoms with Crippen molar-refractivity contribution < 1.29 is 9.82 Å². The standard InChI is InChI=1S/C20H23B3N4O2/c1-5-7-8-15-13(6-2)11(3)12(4)27-20(25-15)17(19(24)28)18(26-27)14-9-10-16(23-29)22-21-14/h5-12,23,25,29H,1-2H2,3-4H3,(H2,24,28)/b8-7-. The molecule has 0 radical (unpaired) electrons. The van der Waals surface area contributed by atoms with Gasteiger partial charge in [-0.05, 0) is 0 Å². The summed E-state index contributed by atoms with van der Waals surface area (Å²) in [7, 11) is -0.0487. The van der Waals surface area contributed by atoms with E-state index in [2.05, 4.69) is 32.3 Å². The summed E-state index contributed by atoms with van der Waals surface area (Å²) in [6.07, 6.45) is 7.24. The van der Waals surface area contributed by atoms with Gasteiger partial charge in [0.05, 0.1) is 0 Å². The number of nitrogens with one attached hydrogen (secondary N) is 1. The van der Waals surface area contributed by atoms with Crippen LogP contribution in [0.4, 0.5) is 5.82 Å². The van der Waals surface area contributed by atoms with Crippen LogP contribution in [0.1, 0.15) is 30.2 Å². The number of rotatable bonds is 6. The van der Waals surface area contributed by atoms with E-state index in [1.165, 1.54) is 0 Å². The summed E-state index contributed by atoms with van der Waals surface area (Å²) in [6, 6.07) is 3.60. The molecular weight excluding hydrogens is 361 g/mol. The fourth-order valence-corrected chi connectivity index (χ4v) is 3.57. The Hall–Kier alpha value is -2.93. The van der Waals surface area contributed by atoms with Crippen molar-refractivity contribution in [3.8, 4) is 11.2 Å². The molecule has 3 heterocycles. The molecule has 0 aliphatic carbocycles. The van der Waals surface area contributed by atoms with Crippen LogP contribution in [0.25, 0.3) is 11.2 Å². The van der Waals surface area contributed by atoms with Crippen molar-refractivity contribution in [1.82, 2.24) is 9.78 Å². The van der Waals surface area contributed by atoms with Crippen molar-refractivity contribution >= 4 is 38.2 Å². The topological polar surface area (TPSA) is 93.2 Å². The molecule has 0 fully saturated rings. The van der Waals surface area contributed by atoms with E-state index in [-0.39, 0.29) is 19.4 Å². The molecular formula is C20H23B3N4O2. The first-order valence-electron chi connectivity index (χ1n) is 9.48. The fourth-order valence-electron chi connectivity index (χ4n) is 3.57. The first-order chi connectivity index (χ1) is 13.9. The Kier molecular flexibility index (Phi) is 6.18. The summed E-state index contributed by atoms with van der Waals surface area (Å²) >= 11 is 0. The number of primary amides is 1. The van der Waals surface area contributed by atoms with Gasteiger partial charge >= 0.3 is 172 Å². The number of fused-ring (bicyclic) bond motifs is 1. The number of hydrogen-bond donors (Lipinski definition) is 3. The van der Waals surface area contributed by atoms with Crippen LogP contribution in [0.15, 0.2) is 60.9 Å². The zero-order chi connectivity index (χ0) is 21.1. The maximum absolute atomic E-state index is 12.4. The van der Waals surface area contributed by atoms with Crippen molar-refractivity contribution in [3.63, 3.8) is 0 Å². The van der Waals surface area contributed by atoms with Crippen LogP contribution in [0.3, 0.4) is 0 Å². The Bertz CT molecular complexity index is 1030. The van der Waals surface area contributed by atoms with E-state index < -0.39 is 5.91 Å². The predicted octanol–water partition coefficient (Wildman–Crippen LogP) is 1.10. The Balaban J connectivity index is 2.24.